The molecule has 1 saturated heterocycles. The van der Waals surface area contributed by atoms with Crippen LogP contribution in [0.4, 0.5) is 0 Å². The molecule has 0 bridgehead atoms. The Morgan fingerprint density at radius 1 is 1.23 bits per heavy atom. The fourth-order valence-corrected chi connectivity index (χ4v) is 3.29. The summed E-state index contributed by atoms with van der Waals surface area (Å²) in [5.74, 6) is -1.05. The molecule has 0 unspecified atom stereocenters. The molecule has 2 aliphatic rings. The van der Waals surface area contributed by atoms with Crippen LogP contribution in [0.15, 0.2) is 24.3 Å². The zero-order valence-electron chi connectivity index (χ0n) is 12.5. The second-order valence-corrected chi connectivity index (χ2v) is 6.04. The molecule has 118 valence electrons. The zero-order valence-corrected chi connectivity index (χ0v) is 12.5. The minimum atomic E-state index is -0.938. The predicted octanol–water partition coefficient (Wildman–Crippen LogP) is 1.98. The summed E-state index contributed by atoms with van der Waals surface area (Å²) in [4.78, 5) is 25.6. The van der Waals surface area contributed by atoms with Crippen molar-refractivity contribution >= 4 is 11.9 Å². The highest BCUT2D eigenvalue weighted by Crippen LogP contribution is 2.25. The Balaban J connectivity index is 1.75. The number of ether oxygens (including phenoxy) is 1. The molecule has 1 aromatic carbocycles. The van der Waals surface area contributed by atoms with E-state index in [9.17, 15) is 14.7 Å². The first-order valence-electron chi connectivity index (χ1n) is 7.86. The molecule has 1 fully saturated rings. The van der Waals surface area contributed by atoms with Gasteiger partial charge in [0.15, 0.2) is 0 Å². The van der Waals surface area contributed by atoms with Gasteiger partial charge >= 0.3 is 5.97 Å². The summed E-state index contributed by atoms with van der Waals surface area (Å²) in [6.45, 7) is 1.07. The van der Waals surface area contributed by atoms with E-state index in [1.165, 1.54) is 4.90 Å². The first kappa shape index (κ1) is 15.0. The maximum atomic E-state index is 12.6. The van der Waals surface area contributed by atoms with Crippen molar-refractivity contribution in [3.63, 3.8) is 0 Å². The molecule has 0 saturated carbocycles. The molecule has 1 N–H and O–H groups in total. The summed E-state index contributed by atoms with van der Waals surface area (Å²) in [6.07, 6.45) is 3.60. The molecule has 1 aromatic rings. The minimum Gasteiger partial charge on any atom is -0.480 e. The Morgan fingerprint density at radius 3 is 2.68 bits per heavy atom. The number of rotatable bonds is 3. The van der Waals surface area contributed by atoms with Gasteiger partial charge in [-0.1, -0.05) is 24.3 Å². The van der Waals surface area contributed by atoms with E-state index in [0.717, 1.165) is 30.4 Å². The van der Waals surface area contributed by atoms with Gasteiger partial charge in [-0.05, 0) is 30.4 Å². The number of carbonyl (C=O) groups excluding carboxylic acids is 1. The molecule has 0 radical (unpaired) electrons. The Labute approximate surface area is 129 Å². The van der Waals surface area contributed by atoms with Crippen LogP contribution in [0.3, 0.4) is 0 Å². The van der Waals surface area contributed by atoms with Crippen molar-refractivity contribution in [1.29, 1.82) is 0 Å². The van der Waals surface area contributed by atoms with Crippen LogP contribution in [0.5, 0.6) is 0 Å². The Morgan fingerprint density at radius 2 is 2.00 bits per heavy atom. The molecule has 2 heterocycles. The topological polar surface area (TPSA) is 66.8 Å². The van der Waals surface area contributed by atoms with Crippen molar-refractivity contribution in [3.8, 4) is 0 Å². The molecule has 2 aliphatic heterocycles. The quantitative estimate of drug-likeness (QED) is 0.927. The van der Waals surface area contributed by atoms with E-state index in [2.05, 4.69) is 0 Å². The van der Waals surface area contributed by atoms with E-state index >= 15 is 0 Å². The molecule has 3 rings (SSSR count). The zero-order chi connectivity index (χ0) is 15.5. The van der Waals surface area contributed by atoms with Crippen LogP contribution >= 0.6 is 0 Å². The monoisotopic (exact) mass is 303 g/mol. The van der Waals surface area contributed by atoms with Crippen LogP contribution in [-0.2, 0) is 27.3 Å². The lowest BCUT2D eigenvalue weighted by atomic mass is 9.93. The van der Waals surface area contributed by atoms with Gasteiger partial charge in [-0.2, -0.15) is 0 Å². The lowest BCUT2D eigenvalue weighted by molar-refractivity contribution is -0.153. The van der Waals surface area contributed by atoms with Crippen LogP contribution in [0, 0.1) is 0 Å². The predicted molar refractivity (Wildman–Crippen MR) is 80.3 cm³/mol. The highest BCUT2D eigenvalue weighted by Gasteiger charge is 2.35. The number of hydrogen-bond donors (Lipinski definition) is 1. The Hall–Kier alpha value is -1.88. The summed E-state index contributed by atoms with van der Waals surface area (Å²) < 4.78 is 5.61. The summed E-state index contributed by atoms with van der Waals surface area (Å²) in [6, 6.07) is 6.96. The second-order valence-electron chi connectivity index (χ2n) is 6.04. The third kappa shape index (κ3) is 3.14. The number of fused-ring (bicyclic) bond motifs is 1. The second kappa shape index (κ2) is 6.48. The van der Waals surface area contributed by atoms with E-state index in [1.54, 1.807) is 0 Å². The normalized spacial score (nSPS) is 24.6. The van der Waals surface area contributed by atoms with Crippen LogP contribution in [0.2, 0.25) is 0 Å². The standard InChI is InChI=1S/C17H21NO4/c19-16(10-14-7-3-4-8-22-14)18-11-13-6-2-1-5-12(13)9-15(18)17(20)21/h1-2,5-6,14-15H,3-4,7-11H2,(H,20,21)/t14-,15+/m1/s1. The number of carbonyl (C=O) groups is 2. The largest absolute Gasteiger partial charge is 0.480 e. The summed E-state index contributed by atoms with van der Waals surface area (Å²) >= 11 is 0. The molecule has 5 nitrogen and oxygen atoms in total. The van der Waals surface area contributed by atoms with E-state index in [1.807, 2.05) is 24.3 Å². The number of nitrogens with zero attached hydrogens (tertiary/aromatic N) is 1. The number of carboxylic acids is 1. The van der Waals surface area contributed by atoms with Crippen LogP contribution < -0.4 is 0 Å². The molecule has 2 atom stereocenters. The van der Waals surface area contributed by atoms with Crippen LogP contribution in [0.25, 0.3) is 0 Å². The fraction of sp³-hybridized carbons (Fsp3) is 0.529. The Bertz CT molecular complexity index is 566. The minimum absolute atomic E-state index is 0.0622. The summed E-state index contributed by atoms with van der Waals surface area (Å²) in [5, 5.41) is 9.46. The SMILES string of the molecule is O=C(O)[C@@H]1Cc2ccccc2CN1C(=O)C[C@H]1CCCCO1. The van der Waals surface area contributed by atoms with Crippen LogP contribution in [0.1, 0.15) is 36.8 Å². The maximum absolute atomic E-state index is 12.6. The first-order chi connectivity index (χ1) is 10.6. The van der Waals surface area contributed by atoms with Gasteiger partial charge < -0.3 is 14.7 Å². The van der Waals surface area contributed by atoms with Gasteiger partial charge in [-0.3, -0.25) is 4.79 Å². The number of amides is 1. The average molecular weight is 303 g/mol. The summed E-state index contributed by atoms with van der Waals surface area (Å²) in [7, 11) is 0. The molecule has 1 amide bonds. The third-order valence-electron chi connectivity index (χ3n) is 4.53. The molecule has 0 aromatic heterocycles. The van der Waals surface area contributed by atoms with Gasteiger partial charge in [0, 0.05) is 19.6 Å². The van der Waals surface area contributed by atoms with E-state index in [4.69, 9.17) is 4.74 Å². The van der Waals surface area contributed by atoms with Crippen LogP contribution in [-0.4, -0.2) is 40.6 Å². The molecule has 0 spiro atoms. The van der Waals surface area contributed by atoms with Gasteiger partial charge in [0.25, 0.3) is 0 Å². The smallest absolute Gasteiger partial charge is 0.326 e. The first-order valence-corrected chi connectivity index (χ1v) is 7.86. The van der Waals surface area contributed by atoms with Crippen molar-refractivity contribution in [2.45, 2.75) is 50.8 Å². The highest BCUT2D eigenvalue weighted by molar-refractivity contribution is 5.84. The lowest BCUT2D eigenvalue weighted by Crippen LogP contribution is -2.49. The van der Waals surface area contributed by atoms with Crippen molar-refractivity contribution in [2.75, 3.05) is 6.61 Å². The van der Waals surface area contributed by atoms with Crippen molar-refractivity contribution < 1.29 is 19.4 Å². The molecule has 5 heteroatoms. The fourth-order valence-electron chi connectivity index (χ4n) is 3.29. The average Bonchev–Trinajstić information content (AvgIpc) is 2.54. The van der Waals surface area contributed by atoms with Crippen molar-refractivity contribution in [1.82, 2.24) is 4.90 Å². The van der Waals surface area contributed by atoms with E-state index in [0.29, 0.717) is 19.6 Å². The highest BCUT2D eigenvalue weighted by atomic mass is 16.5. The summed E-state index contributed by atoms with van der Waals surface area (Å²) in [5.41, 5.74) is 2.06. The number of benzene rings is 1. The Kier molecular flexibility index (Phi) is 4.43. The number of aliphatic carboxylic acids is 1. The molecular formula is C17H21NO4. The van der Waals surface area contributed by atoms with E-state index in [-0.39, 0.29) is 18.4 Å². The molecule has 22 heavy (non-hydrogen) atoms. The third-order valence-corrected chi connectivity index (χ3v) is 4.53. The van der Waals surface area contributed by atoms with Gasteiger partial charge in [0.05, 0.1) is 12.5 Å². The van der Waals surface area contributed by atoms with Crippen molar-refractivity contribution in [3.05, 3.63) is 35.4 Å². The molecule has 0 aliphatic carbocycles. The maximum Gasteiger partial charge on any atom is 0.326 e. The number of carboxylic acid groups (broad SMARTS) is 1. The lowest BCUT2D eigenvalue weighted by Gasteiger charge is -2.35. The van der Waals surface area contributed by atoms with Crippen molar-refractivity contribution in [2.24, 2.45) is 0 Å². The number of hydrogen-bond acceptors (Lipinski definition) is 3. The van der Waals surface area contributed by atoms with Gasteiger partial charge in [0.2, 0.25) is 5.91 Å². The van der Waals surface area contributed by atoms with E-state index < -0.39 is 12.0 Å². The van der Waals surface area contributed by atoms with Gasteiger partial charge in [0.1, 0.15) is 6.04 Å². The molecular weight excluding hydrogens is 282 g/mol. The van der Waals surface area contributed by atoms with Gasteiger partial charge in [-0.25, -0.2) is 4.79 Å². The van der Waals surface area contributed by atoms with Gasteiger partial charge in [-0.15, -0.1) is 0 Å².